The lowest BCUT2D eigenvalue weighted by Gasteiger charge is -2.13. The summed E-state index contributed by atoms with van der Waals surface area (Å²) >= 11 is 0. The molecule has 0 saturated carbocycles. The Balaban J connectivity index is 2.68. The summed E-state index contributed by atoms with van der Waals surface area (Å²) in [6.45, 7) is 8.58. The van der Waals surface area contributed by atoms with Crippen LogP contribution < -0.4 is 11.3 Å². The van der Waals surface area contributed by atoms with Crippen LogP contribution in [-0.4, -0.2) is 15.6 Å². The van der Waals surface area contributed by atoms with E-state index in [4.69, 9.17) is 11.1 Å². The van der Waals surface area contributed by atoms with E-state index in [0.717, 1.165) is 11.1 Å². The van der Waals surface area contributed by atoms with Gasteiger partial charge in [0.15, 0.2) is 0 Å². The van der Waals surface area contributed by atoms with Gasteiger partial charge < -0.3 is 5.73 Å². The van der Waals surface area contributed by atoms with E-state index in [1.165, 1.54) is 10.2 Å². The molecule has 5 nitrogen and oxygen atoms in total. The van der Waals surface area contributed by atoms with Crippen molar-refractivity contribution < 1.29 is 0 Å². The first-order chi connectivity index (χ1) is 10.3. The molecule has 0 unspecified atom stereocenters. The van der Waals surface area contributed by atoms with Crippen LogP contribution in [0.2, 0.25) is 0 Å². The Morgan fingerprint density at radius 2 is 2.00 bits per heavy atom. The van der Waals surface area contributed by atoms with E-state index in [1.54, 1.807) is 6.07 Å². The van der Waals surface area contributed by atoms with Crippen LogP contribution in [-0.2, 0) is 6.54 Å². The van der Waals surface area contributed by atoms with Gasteiger partial charge in [0.2, 0.25) is 0 Å². The van der Waals surface area contributed by atoms with Gasteiger partial charge in [-0.2, -0.15) is 5.10 Å². The summed E-state index contributed by atoms with van der Waals surface area (Å²) in [7, 11) is 0. The van der Waals surface area contributed by atoms with Gasteiger partial charge in [-0.15, -0.1) is 0 Å². The van der Waals surface area contributed by atoms with Gasteiger partial charge in [0, 0.05) is 12.1 Å². The fourth-order valence-corrected chi connectivity index (χ4v) is 2.44. The molecule has 0 bridgehead atoms. The van der Waals surface area contributed by atoms with E-state index in [2.05, 4.69) is 11.2 Å². The summed E-state index contributed by atoms with van der Waals surface area (Å²) in [5.41, 5.74) is 9.32. The number of hydrogen-bond donors (Lipinski definition) is 2. The average molecular weight is 298 g/mol. The largest absolute Gasteiger partial charge is 0.384 e. The number of benzene rings is 1. The third kappa shape index (κ3) is 3.24. The minimum Gasteiger partial charge on any atom is -0.384 e. The zero-order valence-electron chi connectivity index (χ0n) is 13.5. The first-order valence-electron chi connectivity index (χ1n) is 7.33. The molecular formula is C17H22N4O. The van der Waals surface area contributed by atoms with E-state index in [0.29, 0.717) is 12.2 Å². The van der Waals surface area contributed by atoms with Crippen molar-refractivity contribution in [2.24, 2.45) is 11.7 Å². The normalized spacial score (nSPS) is 11.0. The lowest BCUT2D eigenvalue weighted by atomic mass is 10.0. The number of aromatic nitrogens is 2. The molecule has 0 aliphatic carbocycles. The van der Waals surface area contributed by atoms with E-state index < -0.39 is 0 Å². The number of rotatable bonds is 4. The van der Waals surface area contributed by atoms with Crippen LogP contribution in [0.1, 0.15) is 30.5 Å². The molecule has 0 spiro atoms. The molecule has 5 heteroatoms. The van der Waals surface area contributed by atoms with Crippen LogP contribution in [0, 0.1) is 25.2 Å². The highest BCUT2D eigenvalue weighted by molar-refractivity contribution is 5.95. The van der Waals surface area contributed by atoms with Crippen molar-refractivity contribution in [3.63, 3.8) is 0 Å². The van der Waals surface area contributed by atoms with Gasteiger partial charge >= 0.3 is 0 Å². The summed E-state index contributed by atoms with van der Waals surface area (Å²) in [6.07, 6.45) is 0. The van der Waals surface area contributed by atoms with Crippen molar-refractivity contribution in [2.75, 3.05) is 0 Å². The minimum absolute atomic E-state index is 0.200. The van der Waals surface area contributed by atoms with Gasteiger partial charge in [0.1, 0.15) is 5.84 Å². The van der Waals surface area contributed by atoms with Gasteiger partial charge in [-0.3, -0.25) is 10.2 Å². The van der Waals surface area contributed by atoms with Crippen LogP contribution in [0.25, 0.3) is 11.3 Å². The molecule has 116 valence electrons. The first kappa shape index (κ1) is 15.9. The van der Waals surface area contributed by atoms with Crippen molar-refractivity contribution in [1.82, 2.24) is 9.78 Å². The Labute approximate surface area is 130 Å². The predicted molar refractivity (Wildman–Crippen MR) is 89.3 cm³/mol. The van der Waals surface area contributed by atoms with Crippen molar-refractivity contribution in [3.05, 3.63) is 51.3 Å². The number of nitrogens with zero attached hydrogens (tertiary/aromatic N) is 2. The zero-order chi connectivity index (χ0) is 16.4. The molecule has 0 radical (unpaired) electrons. The molecule has 22 heavy (non-hydrogen) atoms. The van der Waals surface area contributed by atoms with Gasteiger partial charge in [-0.1, -0.05) is 37.6 Å². The summed E-state index contributed by atoms with van der Waals surface area (Å²) < 4.78 is 1.41. The van der Waals surface area contributed by atoms with Crippen LogP contribution in [0.15, 0.2) is 29.1 Å². The molecule has 0 aliphatic heterocycles. The molecule has 1 aromatic heterocycles. The second kappa shape index (κ2) is 6.13. The van der Waals surface area contributed by atoms with Crippen LogP contribution in [0.3, 0.4) is 0 Å². The van der Waals surface area contributed by atoms with Crippen molar-refractivity contribution in [2.45, 2.75) is 34.2 Å². The SMILES string of the molecule is Cc1ccc(-c2cc(C(=N)N)c(=O)n(CC(C)C)n2)c(C)c1. The maximum Gasteiger partial charge on any atom is 0.277 e. The number of amidine groups is 1. The Hall–Kier alpha value is -2.43. The highest BCUT2D eigenvalue weighted by atomic mass is 16.1. The van der Waals surface area contributed by atoms with E-state index >= 15 is 0 Å². The molecule has 2 rings (SSSR count). The summed E-state index contributed by atoms with van der Waals surface area (Å²) in [5.74, 6) is 0.0512. The molecule has 2 aromatic rings. The number of nitrogens with one attached hydrogen (secondary N) is 1. The second-order valence-electron chi connectivity index (χ2n) is 6.06. The molecule has 1 aromatic carbocycles. The van der Waals surface area contributed by atoms with Crippen molar-refractivity contribution in [1.29, 1.82) is 5.41 Å². The van der Waals surface area contributed by atoms with Crippen LogP contribution in [0.5, 0.6) is 0 Å². The Kier molecular flexibility index (Phi) is 4.45. The van der Waals surface area contributed by atoms with Gasteiger partial charge in [0.05, 0.1) is 11.3 Å². The van der Waals surface area contributed by atoms with E-state index in [-0.39, 0.29) is 22.9 Å². The van der Waals surface area contributed by atoms with Gasteiger partial charge in [-0.25, -0.2) is 4.68 Å². The summed E-state index contributed by atoms with van der Waals surface area (Å²) in [4.78, 5) is 12.3. The fourth-order valence-electron chi connectivity index (χ4n) is 2.44. The van der Waals surface area contributed by atoms with Gasteiger partial charge in [-0.05, 0) is 31.4 Å². The van der Waals surface area contributed by atoms with Crippen molar-refractivity contribution >= 4 is 5.84 Å². The third-order valence-corrected chi connectivity index (χ3v) is 3.46. The molecule has 0 aliphatic rings. The molecule has 3 N–H and O–H groups in total. The maximum atomic E-state index is 12.3. The first-order valence-corrected chi connectivity index (χ1v) is 7.33. The lowest BCUT2D eigenvalue weighted by Crippen LogP contribution is -2.32. The molecule has 0 fully saturated rings. The molecule has 0 amide bonds. The smallest absolute Gasteiger partial charge is 0.277 e. The molecule has 1 heterocycles. The highest BCUT2D eigenvalue weighted by Gasteiger charge is 2.14. The Morgan fingerprint density at radius 1 is 1.32 bits per heavy atom. The van der Waals surface area contributed by atoms with Crippen molar-refractivity contribution in [3.8, 4) is 11.3 Å². The van der Waals surface area contributed by atoms with Crippen LogP contribution >= 0.6 is 0 Å². The summed E-state index contributed by atoms with van der Waals surface area (Å²) in [6, 6.07) is 7.68. The molecular weight excluding hydrogens is 276 g/mol. The monoisotopic (exact) mass is 298 g/mol. The second-order valence-corrected chi connectivity index (χ2v) is 6.06. The Morgan fingerprint density at radius 3 is 2.55 bits per heavy atom. The standard InChI is InChI=1S/C17H22N4O/c1-10(2)9-21-17(22)14(16(18)19)8-15(20-21)13-6-5-11(3)7-12(13)4/h5-8,10H,9H2,1-4H3,(H3,18,19). The average Bonchev–Trinajstić information content (AvgIpc) is 2.40. The number of aryl methyl sites for hydroxylation is 2. The molecule has 0 saturated heterocycles. The van der Waals surface area contributed by atoms with E-state index in [9.17, 15) is 4.79 Å². The summed E-state index contributed by atoms with van der Waals surface area (Å²) in [5, 5.41) is 12.1. The third-order valence-electron chi connectivity index (χ3n) is 3.46. The minimum atomic E-state index is -0.310. The zero-order valence-corrected chi connectivity index (χ0v) is 13.5. The van der Waals surface area contributed by atoms with Gasteiger partial charge in [0.25, 0.3) is 5.56 Å². The maximum absolute atomic E-state index is 12.3. The number of nitrogens with two attached hydrogens (primary N) is 1. The molecule has 0 atom stereocenters. The topological polar surface area (TPSA) is 84.8 Å². The predicted octanol–water partition coefficient (Wildman–Crippen LogP) is 2.47. The fraction of sp³-hybridized carbons (Fsp3) is 0.353. The number of nitrogen functional groups attached to an aromatic ring is 1. The van der Waals surface area contributed by atoms with E-state index in [1.807, 2.05) is 39.8 Å². The van der Waals surface area contributed by atoms with Crippen LogP contribution in [0.4, 0.5) is 0 Å². The number of hydrogen-bond acceptors (Lipinski definition) is 3. The lowest BCUT2D eigenvalue weighted by molar-refractivity contribution is 0.464. The quantitative estimate of drug-likeness (QED) is 0.671. The Bertz CT molecular complexity index is 775. The highest BCUT2D eigenvalue weighted by Crippen LogP contribution is 2.22.